The highest BCUT2D eigenvalue weighted by molar-refractivity contribution is 5.73. The quantitative estimate of drug-likeness (QED) is 0.548. The number of halogens is 1. The highest BCUT2D eigenvalue weighted by Crippen LogP contribution is 2.46. The summed E-state index contributed by atoms with van der Waals surface area (Å²) in [7, 11) is 1.55. The number of hydrogen-bond acceptors (Lipinski definition) is 7. The predicted molar refractivity (Wildman–Crippen MR) is 128 cm³/mol. The lowest BCUT2D eigenvalue weighted by molar-refractivity contribution is 0.0913. The molecule has 1 aromatic carbocycles. The molecule has 1 saturated heterocycles. The number of fused-ring (bicyclic) bond motifs is 2. The van der Waals surface area contributed by atoms with Crippen LogP contribution in [-0.4, -0.2) is 49.6 Å². The summed E-state index contributed by atoms with van der Waals surface area (Å²) in [6.45, 7) is 8.05. The lowest BCUT2D eigenvalue weighted by Gasteiger charge is -2.45. The zero-order valence-corrected chi connectivity index (χ0v) is 19.3. The van der Waals surface area contributed by atoms with Crippen molar-refractivity contribution in [1.82, 2.24) is 25.5 Å². The van der Waals surface area contributed by atoms with Gasteiger partial charge in [0.25, 0.3) is 0 Å². The average Bonchev–Trinajstić information content (AvgIpc) is 3.12. The molecular formula is C26H26FN5O2. The monoisotopic (exact) mass is 459 g/mol. The number of ether oxygens (including phenoxy) is 1. The van der Waals surface area contributed by atoms with Crippen LogP contribution in [0.4, 0.5) is 4.39 Å². The number of phenols is 1. The number of piperidine rings is 1. The highest BCUT2D eigenvalue weighted by Gasteiger charge is 2.53. The molecule has 0 spiro atoms. The van der Waals surface area contributed by atoms with E-state index < -0.39 is 17.6 Å². The van der Waals surface area contributed by atoms with Crippen LogP contribution in [0.15, 0.2) is 61.5 Å². The number of benzene rings is 1. The second-order valence-electron chi connectivity index (χ2n) is 9.38. The molecule has 0 aliphatic carbocycles. The molecular weight excluding hydrogens is 433 g/mol. The molecule has 0 radical (unpaired) electrons. The van der Waals surface area contributed by atoms with Gasteiger partial charge in [-0.3, -0.25) is 5.32 Å². The normalized spacial score (nSPS) is 27.5. The molecule has 0 saturated carbocycles. The van der Waals surface area contributed by atoms with Gasteiger partial charge >= 0.3 is 0 Å². The van der Waals surface area contributed by atoms with E-state index in [2.05, 4.69) is 39.0 Å². The van der Waals surface area contributed by atoms with Gasteiger partial charge in [0.1, 0.15) is 17.6 Å². The van der Waals surface area contributed by atoms with Gasteiger partial charge in [-0.2, -0.15) is 0 Å². The topological polar surface area (TPSA) is 93.1 Å². The maximum atomic E-state index is 15.4. The fraction of sp³-hybridized carbons (Fsp3) is 0.308. The summed E-state index contributed by atoms with van der Waals surface area (Å²) in [6, 6.07) is 8.84. The number of nitrogens with zero attached hydrogens (tertiary/aromatic N) is 4. The molecule has 34 heavy (non-hydrogen) atoms. The summed E-state index contributed by atoms with van der Waals surface area (Å²) in [4.78, 5) is 8.49. The molecule has 2 N–H and O–H groups in total. The average molecular weight is 460 g/mol. The summed E-state index contributed by atoms with van der Waals surface area (Å²) < 4.78 is 20.5. The molecule has 5 rings (SSSR count). The van der Waals surface area contributed by atoms with Gasteiger partial charge in [-0.1, -0.05) is 24.8 Å². The van der Waals surface area contributed by atoms with Crippen molar-refractivity contribution in [2.45, 2.75) is 37.5 Å². The van der Waals surface area contributed by atoms with Gasteiger partial charge in [-0.25, -0.2) is 14.4 Å². The number of nitrogens with one attached hydrogen (secondary N) is 1. The van der Waals surface area contributed by atoms with Crippen LogP contribution in [0.5, 0.6) is 11.6 Å². The zero-order valence-electron chi connectivity index (χ0n) is 19.3. The van der Waals surface area contributed by atoms with Crippen LogP contribution in [0.2, 0.25) is 0 Å². The zero-order chi connectivity index (χ0) is 24.1. The van der Waals surface area contributed by atoms with E-state index in [1.165, 1.54) is 0 Å². The summed E-state index contributed by atoms with van der Waals surface area (Å²) in [5, 5.41) is 22.5. The first-order chi connectivity index (χ1) is 16.2. The molecule has 2 aliphatic rings. The van der Waals surface area contributed by atoms with Crippen molar-refractivity contribution in [3.63, 3.8) is 0 Å². The Balaban J connectivity index is 1.38. The third kappa shape index (κ3) is 3.74. The van der Waals surface area contributed by atoms with E-state index in [0.717, 1.165) is 11.1 Å². The van der Waals surface area contributed by atoms with Crippen LogP contribution in [0, 0.1) is 5.92 Å². The standard InChI is InChI=1S/C26H26FN5O2/c1-15(19-13-25(2)8-9-26(3,32-25)23(19)27)20-14-29-24(31-30-20)18-6-5-16(11-21(18)33)17-7-10-28-22(12-17)34-4/h5-12,14,19,23,32-33H,1,13H2,2-4H3/t19-,23+,25+,26-/m0/s1. The maximum absolute atomic E-state index is 15.4. The first-order valence-corrected chi connectivity index (χ1v) is 11.1. The fourth-order valence-corrected chi connectivity index (χ4v) is 4.95. The van der Waals surface area contributed by atoms with E-state index in [-0.39, 0.29) is 17.1 Å². The first kappa shape index (κ1) is 22.2. The molecule has 2 bridgehead atoms. The molecule has 3 aromatic rings. The largest absolute Gasteiger partial charge is 0.507 e. The van der Waals surface area contributed by atoms with Crippen molar-refractivity contribution in [3.8, 4) is 34.1 Å². The summed E-state index contributed by atoms with van der Waals surface area (Å²) in [5.74, 6) is 0.377. The second-order valence-corrected chi connectivity index (χ2v) is 9.38. The number of methoxy groups -OCH3 is 1. The number of pyridine rings is 1. The van der Waals surface area contributed by atoms with Gasteiger partial charge in [0.05, 0.1) is 24.4 Å². The minimum absolute atomic E-state index is 0.0207. The Bertz CT molecular complexity index is 1290. The second kappa shape index (κ2) is 7.99. The third-order valence-electron chi connectivity index (χ3n) is 6.78. The van der Waals surface area contributed by atoms with Crippen molar-refractivity contribution in [1.29, 1.82) is 0 Å². The fourth-order valence-electron chi connectivity index (χ4n) is 4.95. The Morgan fingerprint density at radius 3 is 2.65 bits per heavy atom. The smallest absolute Gasteiger partial charge is 0.213 e. The van der Waals surface area contributed by atoms with Gasteiger partial charge in [-0.15, -0.1) is 10.2 Å². The minimum atomic E-state index is -1.14. The van der Waals surface area contributed by atoms with E-state index in [1.54, 1.807) is 37.7 Å². The summed E-state index contributed by atoms with van der Waals surface area (Å²) in [6.07, 6.45) is 6.56. The number of phenolic OH excluding ortho intramolecular Hbond substituents is 1. The molecule has 0 unspecified atom stereocenters. The number of aromatic nitrogens is 4. The Kier molecular flexibility index (Phi) is 5.20. The Morgan fingerprint density at radius 2 is 1.94 bits per heavy atom. The van der Waals surface area contributed by atoms with Gasteiger partial charge in [0.15, 0.2) is 5.82 Å². The summed E-state index contributed by atoms with van der Waals surface area (Å²) >= 11 is 0. The molecule has 0 amide bonds. The minimum Gasteiger partial charge on any atom is -0.507 e. The summed E-state index contributed by atoms with van der Waals surface area (Å²) in [5.41, 5.74) is 2.11. The molecule has 4 heterocycles. The van der Waals surface area contributed by atoms with E-state index >= 15 is 4.39 Å². The van der Waals surface area contributed by atoms with E-state index in [0.29, 0.717) is 29.1 Å². The number of alkyl halides is 1. The predicted octanol–water partition coefficient (Wildman–Crippen LogP) is 4.36. The van der Waals surface area contributed by atoms with Gasteiger partial charge in [0.2, 0.25) is 5.88 Å². The first-order valence-electron chi connectivity index (χ1n) is 11.1. The Morgan fingerprint density at radius 1 is 1.15 bits per heavy atom. The van der Waals surface area contributed by atoms with Gasteiger partial charge in [0, 0.05) is 23.7 Å². The number of hydrogen-bond donors (Lipinski definition) is 2. The molecule has 2 aliphatic heterocycles. The van der Waals surface area contributed by atoms with Gasteiger partial charge in [-0.05, 0) is 55.2 Å². The van der Waals surface area contributed by atoms with Crippen molar-refractivity contribution in [3.05, 3.63) is 67.2 Å². The lowest BCUT2D eigenvalue weighted by Crippen LogP contribution is -2.61. The van der Waals surface area contributed by atoms with Crippen molar-refractivity contribution in [2.75, 3.05) is 7.11 Å². The van der Waals surface area contributed by atoms with E-state index in [4.69, 9.17) is 4.74 Å². The maximum Gasteiger partial charge on any atom is 0.213 e. The van der Waals surface area contributed by atoms with Crippen molar-refractivity contribution < 1.29 is 14.2 Å². The molecule has 4 atom stereocenters. The molecule has 8 heteroatoms. The van der Waals surface area contributed by atoms with Gasteiger partial charge < -0.3 is 9.84 Å². The number of allylic oxidation sites excluding steroid dienone is 1. The molecule has 1 fully saturated rings. The molecule has 174 valence electrons. The van der Waals surface area contributed by atoms with Crippen LogP contribution in [0.3, 0.4) is 0 Å². The van der Waals surface area contributed by atoms with Crippen LogP contribution in [-0.2, 0) is 0 Å². The van der Waals surface area contributed by atoms with Crippen LogP contribution in [0.1, 0.15) is 26.0 Å². The Hall–Kier alpha value is -3.65. The number of rotatable bonds is 5. The Labute approximate surface area is 197 Å². The van der Waals surface area contributed by atoms with Crippen molar-refractivity contribution in [2.24, 2.45) is 5.92 Å². The third-order valence-corrected chi connectivity index (χ3v) is 6.78. The molecule has 2 aromatic heterocycles. The van der Waals surface area contributed by atoms with Crippen LogP contribution >= 0.6 is 0 Å². The van der Waals surface area contributed by atoms with Crippen molar-refractivity contribution >= 4 is 5.57 Å². The highest BCUT2D eigenvalue weighted by atomic mass is 19.1. The van der Waals surface area contributed by atoms with E-state index in [9.17, 15) is 5.11 Å². The number of aromatic hydroxyl groups is 1. The van der Waals surface area contributed by atoms with E-state index in [1.807, 2.05) is 31.2 Å². The SMILES string of the molecule is C=C(c1cnc(-c2ccc(-c3ccnc(OC)c3)cc2O)nn1)[C@@H]1C[C@@]2(C)C=C[C@](C)(N2)[C@@H]1F. The van der Waals surface area contributed by atoms with Crippen LogP contribution < -0.4 is 10.1 Å². The lowest BCUT2D eigenvalue weighted by atomic mass is 9.74. The molecule has 7 nitrogen and oxygen atoms in total. The van der Waals surface area contributed by atoms with Crippen LogP contribution in [0.25, 0.3) is 28.1 Å².